The van der Waals surface area contributed by atoms with Crippen molar-refractivity contribution < 1.29 is 14.3 Å². The molecule has 100 valence electrons. The lowest BCUT2D eigenvalue weighted by Gasteiger charge is -2.32. The van der Waals surface area contributed by atoms with Crippen molar-refractivity contribution in [3.05, 3.63) is 27.7 Å². The second-order valence-electron chi connectivity index (χ2n) is 5.09. The van der Waals surface area contributed by atoms with Crippen LogP contribution in [-0.2, 0) is 14.3 Å². The first kappa shape index (κ1) is 12.8. The highest BCUT2D eigenvalue weighted by molar-refractivity contribution is 9.10. The Morgan fingerprint density at radius 2 is 1.58 bits per heavy atom. The number of halogens is 1. The standard InChI is InChI=1S/C14H14BrNO3/c1-7-5-9(15)6-8(2)12(7)16-13(17)10-3-4-11(19-10)14(16)18/h5-6,10-11H,3-4H2,1-2H3. The zero-order chi connectivity index (χ0) is 13.7. The summed E-state index contributed by atoms with van der Waals surface area (Å²) in [5.74, 6) is -0.459. The molecule has 3 rings (SSSR count). The van der Waals surface area contributed by atoms with Crippen LogP contribution in [0.2, 0.25) is 0 Å². The van der Waals surface area contributed by atoms with E-state index in [1.165, 1.54) is 4.90 Å². The second kappa shape index (κ2) is 4.42. The Bertz CT molecular complexity index is 539. The molecule has 0 aromatic heterocycles. The number of hydrogen-bond acceptors (Lipinski definition) is 3. The van der Waals surface area contributed by atoms with E-state index in [4.69, 9.17) is 4.74 Å². The number of morpholine rings is 1. The van der Waals surface area contributed by atoms with Crippen LogP contribution in [0.5, 0.6) is 0 Å². The van der Waals surface area contributed by atoms with Crippen molar-refractivity contribution in [1.82, 2.24) is 0 Å². The largest absolute Gasteiger partial charge is 0.355 e. The van der Waals surface area contributed by atoms with E-state index < -0.39 is 12.2 Å². The van der Waals surface area contributed by atoms with Crippen LogP contribution < -0.4 is 4.90 Å². The fraction of sp³-hybridized carbons (Fsp3) is 0.429. The molecule has 2 atom stereocenters. The van der Waals surface area contributed by atoms with Crippen molar-refractivity contribution in [2.45, 2.75) is 38.9 Å². The summed E-state index contributed by atoms with van der Waals surface area (Å²) < 4.78 is 6.37. The van der Waals surface area contributed by atoms with E-state index in [-0.39, 0.29) is 11.8 Å². The summed E-state index contributed by atoms with van der Waals surface area (Å²) in [6, 6.07) is 3.83. The van der Waals surface area contributed by atoms with E-state index in [0.29, 0.717) is 18.5 Å². The maximum absolute atomic E-state index is 12.4. The van der Waals surface area contributed by atoms with Gasteiger partial charge in [0.15, 0.2) is 0 Å². The summed E-state index contributed by atoms with van der Waals surface area (Å²) in [6.07, 6.45) is 0.371. The molecule has 1 aromatic carbocycles. The normalized spacial score (nSPS) is 26.2. The summed E-state index contributed by atoms with van der Waals surface area (Å²) in [4.78, 5) is 26.0. The van der Waals surface area contributed by atoms with Gasteiger partial charge in [-0.3, -0.25) is 9.59 Å². The van der Waals surface area contributed by atoms with Gasteiger partial charge in [-0.05, 0) is 49.9 Å². The first-order valence-corrected chi connectivity index (χ1v) is 7.08. The quantitative estimate of drug-likeness (QED) is 0.746. The van der Waals surface area contributed by atoms with Crippen LogP contribution in [0.4, 0.5) is 5.69 Å². The molecule has 2 bridgehead atoms. The number of anilines is 1. The minimum atomic E-state index is -0.454. The van der Waals surface area contributed by atoms with Gasteiger partial charge in [0.05, 0.1) is 5.69 Å². The highest BCUT2D eigenvalue weighted by atomic mass is 79.9. The van der Waals surface area contributed by atoms with Gasteiger partial charge in [0.25, 0.3) is 11.8 Å². The third-order valence-corrected chi connectivity index (χ3v) is 4.15. The molecule has 0 N–H and O–H groups in total. The number of aryl methyl sites for hydroxylation is 2. The van der Waals surface area contributed by atoms with Crippen LogP contribution >= 0.6 is 15.9 Å². The van der Waals surface area contributed by atoms with Gasteiger partial charge in [-0.2, -0.15) is 0 Å². The van der Waals surface area contributed by atoms with E-state index in [0.717, 1.165) is 15.6 Å². The number of fused-ring (bicyclic) bond motifs is 2. The summed E-state index contributed by atoms with van der Waals surface area (Å²) in [7, 11) is 0. The molecular formula is C14H14BrNO3. The molecule has 5 heteroatoms. The first-order valence-electron chi connectivity index (χ1n) is 6.29. The average Bonchev–Trinajstić information content (AvgIpc) is 2.76. The fourth-order valence-electron chi connectivity index (χ4n) is 2.87. The smallest absolute Gasteiger partial charge is 0.263 e. The Labute approximate surface area is 119 Å². The Balaban J connectivity index is 2.11. The Hall–Kier alpha value is -1.20. The second-order valence-corrected chi connectivity index (χ2v) is 6.01. The summed E-state index contributed by atoms with van der Waals surface area (Å²) in [5, 5.41) is 0. The molecule has 19 heavy (non-hydrogen) atoms. The van der Waals surface area contributed by atoms with Gasteiger partial charge in [-0.1, -0.05) is 15.9 Å². The SMILES string of the molecule is Cc1cc(Br)cc(C)c1N1C(=O)C2CCC(O2)C1=O. The average molecular weight is 324 g/mol. The van der Waals surface area contributed by atoms with Crippen molar-refractivity contribution in [2.75, 3.05) is 4.90 Å². The van der Waals surface area contributed by atoms with E-state index in [2.05, 4.69) is 15.9 Å². The third kappa shape index (κ3) is 1.92. The lowest BCUT2D eigenvalue weighted by atomic mass is 10.1. The van der Waals surface area contributed by atoms with E-state index in [1.54, 1.807) is 0 Å². The molecule has 0 saturated carbocycles. The molecule has 2 heterocycles. The number of nitrogens with zero attached hydrogens (tertiary/aromatic N) is 1. The number of imide groups is 1. The number of ether oxygens (including phenoxy) is 1. The summed E-state index contributed by atoms with van der Waals surface area (Å²) in [6.45, 7) is 3.82. The van der Waals surface area contributed by atoms with Crippen LogP contribution in [0.3, 0.4) is 0 Å². The molecule has 2 aliphatic heterocycles. The molecule has 2 unspecified atom stereocenters. The van der Waals surface area contributed by atoms with Crippen molar-refractivity contribution in [3.8, 4) is 0 Å². The molecule has 4 nitrogen and oxygen atoms in total. The zero-order valence-corrected chi connectivity index (χ0v) is 12.4. The maximum atomic E-state index is 12.4. The van der Waals surface area contributed by atoms with Crippen LogP contribution in [-0.4, -0.2) is 24.0 Å². The molecular weight excluding hydrogens is 310 g/mol. The van der Waals surface area contributed by atoms with E-state index >= 15 is 0 Å². The van der Waals surface area contributed by atoms with Gasteiger partial charge in [0.1, 0.15) is 12.2 Å². The molecule has 0 aliphatic carbocycles. The van der Waals surface area contributed by atoms with Gasteiger partial charge >= 0.3 is 0 Å². The van der Waals surface area contributed by atoms with Gasteiger partial charge in [0, 0.05) is 4.47 Å². The van der Waals surface area contributed by atoms with Crippen molar-refractivity contribution in [3.63, 3.8) is 0 Å². The molecule has 2 amide bonds. The molecule has 2 saturated heterocycles. The number of hydrogen-bond donors (Lipinski definition) is 0. The number of carbonyl (C=O) groups is 2. The van der Waals surface area contributed by atoms with Crippen molar-refractivity contribution in [1.29, 1.82) is 0 Å². The minimum Gasteiger partial charge on any atom is -0.355 e. The topological polar surface area (TPSA) is 46.6 Å². The van der Waals surface area contributed by atoms with Gasteiger partial charge < -0.3 is 4.74 Å². The molecule has 2 fully saturated rings. The summed E-state index contributed by atoms with van der Waals surface area (Å²) in [5.41, 5.74) is 2.53. The predicted molar refractivity (Wildman–Crippen MR) is 74.0 cm³/mol. The van der Waals surface area contributed by atoms with Crippen molar-refractivity contribution >= 4 is 33.4 Å². The Kier molecular flexibility index (Phi) is 2.98. The number of carbonyl (C=O) groups excluding carboxylic acids is 2. The third-order valence-electron chi connectivity index (χ3n) is 3.69. The molecule has 0 spiro atoms. The van der Waals surface area contributed by atoms with Gasteiger partial charge in [-0.25, -0.2) is 4.90 Å². The van der Waals surface area contributed by atoms with Gasteiger partial charge in [-0.15, -0.1) is 0 Å². The minimum absolute atomic E-state index is 0.229. The number of benzene rings is 1. The van der Waals surface area contributed by atoms with Crippen molar-refractivity contribution in [2.24, 2.45) is 0 Å². The molecule has 1 aromatic rings. The highest BCUT2D eigenvalue weighted by Gasteiger charge is 2.47. The van der Waals surface area contributed by atoms with Crippen LogP contribution in [0, 0.1) is 13.8 Å². The number of rotatable bonds is 1. The predicted octanol–water partition coefficient (Wildman–Crippen LogP) is 2.49. The maximum Gasteiger partial charge on any atom is 0.263 e. The highest BCUT2D eigenvalue weighted by Crippen LogP contribution is 2.36. The van der Waals surface area contributed by atoms with E-state index in [9.17, 15) is 9.59 Å². The molecule has 0 radical (unpaired) electrons. The van der Waals surface area contributed by atoms with Crippen LogP contribution in [0.25, 0.3) is 0 Å². The zero-order valence-electron chi connectivity index (χ0n) is 10.8. The lowest BCUT2D eigenvalue weighted by molar-refractivity contribution is -0.146. The van der Waals surface area contributed by atoms with Crippen LogP contribution in [0.1, 0.15) is 24.0 Å². The first-order chi connectivity index (χ1) is 8.99. The lowest BCUT2D eigenvalue weighted by Crippen LogP contribution is -2.52. The van der Waals surface area contributed by atoms with Gasteiger partial charge in [0.2, 0.25) is 0 Å². The Morgan fingerprint density at radius 3 is 2.05 bits per heavy atom. The Morgan fingerprint density at radius 1 is 1.11 bits per heavy atom. The molecule has 2 aliphatic rings. The van der Waals surface area contributed by atoms with Crippen LogP contribution in [0.15, 0.2) is 16.6 Å². The fourth-order valence-corrected chi connectivity index (χ4v) is 3.56. The summed E-state index contributed by atoms with van der Waals surface area (Å²) >= 11 is 3.42. The monoisotopic (exact) mass is 323 g/mol. The number of amides is 2. The van der Waals surface area contributed by atoms with E-state index in [1.807, 2.05) is 26.0 Å².